The van der Waals surface area contributed by atoms with Crippen LogP contribution in [0.5, 0.6) is 0 Å². The topological polar surface area (TPSA) is 131 Å². The molecule has 14 heteroatoms. The lowest BCUT2D eigenvalue weighted by molar-refractivity contribution is -0.140. The molecule has 3 fully saturated rings. The summed E-state index contributed by atoms with van der Waals surface area (Å²) in [5, 5.41) is 14.0. The van der Waals surface area contributed by atoms with Crippen LogP contribution in [0.25, 0.3) is 22.2 Å². The number of morpholine rings is 1. The largest absolute Gasteiger partial charge is 0.480 e. The zero-order valence-electron chi connectivity index (χ0n) is 40.6. The Labute approximate surface area is 387 Å². The summed E-state index contributed by atoms with van der Waals surface area (Å²) >= 11 is 0. The lowest BCUT2D eigenvalue weighted by Gasteiger charge is -2.39. The van der Waals surface area contributed by atoms with E-state index in [0.29, 0.717) is 26.3 Å². The van der Waals surface area contributed by atoms with Gasteiger partial charge < -0.3 is 43.4 Å². The van der Waals surface area contributed by atoms with Crippen LogP contribution in [0.1, 0.15) is 90.7 Å². The molecule has 2 aliphatic heterocycles. The second-order valence-electron chi connectivity index (χ2n) is 20.7. The number of carbonyl (C=O) groups is 2. The Hall–Kier alpha value is -4.47. The minimum atomic E-state index is -2.04. The van der Waals surface area contributed by atoms with Gasteiger partial charge in [-0.1, -0.05) is 65.0 Å². The van der Waals surface area contributed by atoms with Crippen LogP contribution in [0.3, 0.4) is 0 Å². The second-order valence-corrected chi connectivity index (χ2v) is 25.5. The number of anilines is 2. The molecule has 2 unspecified atom stereocenters. The summed E-state index contributed by atoms with van der Waals surface area (Å²) in [5.41, 5.74) is 8.37. The van der Waals surface area contributed by atoms with Gasteiger partial charge in [-0.3, -0.25) is 9.88 Å². The summed E-state index contributed by atoms with van der Waals surface area (Å²) < 4.78 is 27.0. The van der Waals surface area contributed by atoms with Crippen molar-refractivity contribution in [2.75, 3.05) is 69.4 Å². The summed E-state index contributed by atoms with van der Waals surface area (Å²) in [6.07, 6.45) is 4.11. The molecule has 7 rings (SSSR count). The number of aryl methyl sites for hydroxylation is 1. The number of carboxylic acids is 1. The Morgan fingerprint density at radius 3 is 2.34 bits per heavy atom. The van der Waals surface area contributed by atoms with Gasteiger partial charge in [0.1, 0.15) is 12.6 Å². The molecule has 1 saturated carbocycles. The van der Waals surface area contributed by atoms with Crippen LogP contribution in [0, 0.1) is 5.41 Å². The lowest BCUT2D eigenvalue weighted by atomic mass is 9.84. The highest BCUT2D eigenvalue weighted by molar-refractivity contribution is 6.74. The number of nitrogens with zero attached hydrogens (tertiary/aromatic N) is 5. The third kappa shape index (κ3) is 11.6. The molecule has 2 saturated heterocycles. The highest BCUT2D eigenvalue weighted by Crippen LogP contribution is 2.44. The van der Waals surface area contributed by atoms with Gasteiger partial charge in [0, 0.05) is 94.1 Å². The van der Waals surface area contributed by atoms with Crippen LogP contribution in [0.15, 0.2) is 60.8 Å². The molecular weight excluding hydrogens is 837 g/mol. The summed E-state index contributed by atoms with van der Waals surface area (Å²) in [6, 6.07) is 18.0. The van der Waals surface area contributed by atoms with Crippen molar-refractivity contribution in [2.45, 2.75) is 130 Å². The van der Waals surface area contributed by atoms with Crippen molar-refractivity contribution >= 4 is 42.7 Å². The van der Waals surface area contributed by atoms with Crippen LogP contribution in [0.4, 0.5) is 16.2 Å². The number of pyridine rings is 1. The number of amides is 1. The Kier molecular flexibility index (Phi) is 15.0. The van der Waals surface area contributed by atoms with E-state index in [9.17, 15) is 14.7 Å². The number of carbonyl (C=O) groups excluding carboxylic acids is 1. The van der Waals surface area contributed by atoms with E-state index in [0.717, 1.165) is 78.9 Å². The van der Waals surface area contributed by atoms with Gasteiger partial charge in [-0.2, -0.15) is 0 Å². The number of rotatable bonds is 18. The molecule has 0 spiro atoms. The molecule has 354 valence electrons. The molecule has 3 aliphatic rings. The summed E-state index contributed by atoms with van der Waals surface area (Å²) in [6.45, 7) is 27.5. The van der Waals surface area contributed by atoms with E-state index >= 15 is 0 Å². The van der Waals surface area contributed by atoms with E-state index in [2.05, 4.69) is 110 Å². The van der Waals surface area contributed by atoms with Crippen LogP contribution in [-0.4, -0.2) is 118 Å². The van der Waals surface area contributed by atoms with Crippen molar-refractivity contribution in [2.24, 2.45) is 5.41 Å². The van der Waals surface area contributed by atoms with Crippen LogP contribution in [0.2, 0.25) is 18.1 Å². The van der Waals surface area contributed by atoms with E-state index in [-0.39, 0.29) is 29.6 Å². The summed E-state index contributed by atoms with van der Waals surface area (Å²) in [5.74, 6) is -1.14. The summed E-state index contributed by atoms with van der Waals surface area (Å²) in [7, 11) is -0.283. The molecular formula is C51H74N6O7Si. The SMILES string of the molecule is CCn1c(-c2cc(N3CCN(C4CC4)CC3)cnc2[C@H](C)OC)c(CC(C)(C)CO[Si](C)(C)C(C)(C)C)c2cc(N3CCOC(CC(NC(=O)OCc4ccccc4)C(=O)O)C3)ccc21. The number of ether oxygens (including phenoxy) is 3. The molecule has 2 aromatic heterocycles. The smallest absolute Gasteiger partial charge is 0.408 e. The van der Waals surface area contributed by atoms with E-state index in [1.165, 1.54) is 29.5 Å². The van der Waals surface area contributed by atoms with Crippen molar-refractivity contribution in [3.05, 3.63) is 77.6 Å². The first-order valence-corrected chi connectivity index (χ1v) is 26.7. The van der Waals surface area contributed by atoms with Crippen molar-refractivity contribution in [1.29, 1.82) is 0 Å². The molecule has 1 aliphatic carbocycles. The van der Waals surface area contributed by atoms with Crippen LogP contribution < -0.4 is 15.1 Å². The van der Waals surface area contributed by atoms with Gasteiger partial charge >= 0.3 is 12.1 Å². The van der Waals surface area contributed by atoms with Crippen LogP contribution >= 0.6 is 0 Å². The van der Waals surface area contributed by atoms with Gasteiger partial charge in [0.05, 0.1) is 42.1 Å². The minimum Gasteiger partial charge on any atom is -0.480 e. The maximum atomic E-state index is 12.7. The molecule has 2 N–H and O–H groups in total. The van der Waals surface area contributed by atoms with Gasteiger partial charge in [0.25, 0.3) is 0 Å². The Bertz CT molecular complexity index is 2260. The lowest BCUT2D eigenvalue weighted by Crippen LogP contribution is -2.49. The first-order valence-electron chi connectivity index (χ1n) is 23.8. The molecule has 4 heterocycles. The molecule has 0 bridgehead atoms. The fourth-order valence-corrected chi connectivity index (χ4v) is 10.3. The third-order valence-electron chi connectivity index (χ3n) is 14.2. The highest BCUT2D eigenvalue weighted by Gasteiger charge is 2.39. The normalized spacial score (nSPS) is 18.8. The number of fused-ring (bicyclic) bond motifs is 1. The van der Waals surface area contributed by atoms with E-state index in [1.807, 2.05) is 36.5 Å². The molecule has 65 heavy (non-hydrogen) atoms. The Morgan fingerprint density at radius 1 is 0.969 bits per heavy atom. The van der Waals surface area contributed by atoms with Crippen molar-refractivity contribution in [3.63, 3.8) is 0 Å². The average Bonchev–Trinajstić information content (AvgIpc) is 4.10. The van der Waals surface area contributed by atoms with Crippen molar-refractivity contribution in [1.82, 2.24) is 19.8 Å². The molecule has 3 atom stereocenters. The predicted octanol–water partition coefficient (Wildman–Crippen LogP) is 9.28. The number of alkyl carbamates (subject to hydrolysis) is 1. The Morgan fingerprint density at radius 2 is 1.69 bits per heavy atom. The molecule has 2 aromatic carbocycles. The number of benzene rings is 2. The number of piperazine rings is 1. The standard InChI is InChI=1S/C51H74N6O7Si/c1-11-57-45-20-19-38(56-25-26-62-40(32-56)29-44(48(58)59)53-49(60)63-33-36-15-13-12-14-16-36)27-41(45)43(30-51(6,7)34-64-65(9,10)50(3,4)5)47(57)42-28-39(31-52-46(42)35(2)61-8)55-23-21-54(22-24-55)37-17-18-37/h12-16,19-20,27-28,31,35,37,40,44H,11,17-18,21-26,29-30,32-34H2,1-10H3,(H,53,60)(H,58,59)/t35-,40?,44?/m0/s1. The van der Waals surface area contributed by atoms with Crippen LogP contribution in [-0.2, 0) is 43.0 Å². The first kappa shape index (κ1) is 48.5. The van der Waals surface area contributed by atoms with Crippen molar-refractivity contribution in [3.8, 4) is 11.3 Å². The van der Waals surface area contributed by atoms with Gasteiger partial charge in [-0.05, 0) is 92.0 Å². The minimum absolute atomic E-state index is 0.0474. The molecule has 1 amide bonds. The zero-order chi connectivity index (χ0) is 46.7. The fourth-order valence-electron chi connectivity index (χ4n) is 9.08. The fraction of sp³-hybridized carbons (Fsp3) is 0.588. The Balaban J connectivity index is 1.23. The highest BCUT2D eigenvalue weighted by atomic mass is 28.4. The molecule has 13 nitrogen and oxygen atoms in total. The number of hydrogen-bond donors (Lipinski definition) is 2. The average molecular weight is 911 g/mol. The third-order valence-corrected chi connectivity index (χ3v) is 18.7. The van der Waals surface area contributed by atoms with E-state index < -0.39 is 32.5 Å². The van der Waals surface area contributed by atoms with Gasteiger partial charge in [0.15, 0.2) is 8.32 Å². The maximum Gasteiger partial charge on any atom is 0.408 e. The quantitative estimate of drug-likeness (QED) is 0.0927. The second kappa shape index (κ2) is 20.2. The number of aromatic nitrogens is 2. The number of methoxy groups -OCH3 is 1. The monoisotopic (exact) mass is 911 g/mol. The van der Waals surface area contributed by atoms with E-state index in [4.69, 9.17) is 23.6 Å². The van der Waals surface area contributed by atoms with Gasteiger partial charge in [0.2, 0.25) is 0 Å². The van der Waals surface area contributed by atoms with Gasteiger partial charge in [-0.15, -0.1) is 0 Å². The molecule has 4 aromatic rings. The molecule has 0 radical (unpaired) electrons. The van der Waals surface area contributed by atoms with Gasteiger partial charge in [-0.25, -0.2) is 9.59 Å². The summed E-state index contributed by atoms with van der Waals surface area (Å²) in [4.78, 5) is 37.8. The maximum absolute atomic E-state index is 12.7. The van der Waals surface area contributed by atoms with E-state index in [1.54, 1.807) is 7.11 Å². The number of hydrogen-bond acceptors (Lipinski definition) is 10. The number of aliphatic carboxylic acids is 1. The number of nitrogens with one attached hydrogen (secondary N) is 1. The zero-order valence-corrected chi connectivity index (χ0v) is 41.6. The van der Waals surface area contributed by atoms with Crippen molar-refractivity contribution < 1.29 is 33.3 Å². The first-order chi connectivity index (χ1) is 30.9. The predicted molar refractivity (Wildman–Crippen MR) is 261 cm³/mol. The number of carboxylic acid groups (broad SMARTS) is 1.